The van der Waals surface area contributed by atoms with Crippen molar-refractivity contribution in [3.63, 3.8) is 0 Å². The molecule has 1 amide bonds. The molecule has 0 saturated carbocycles. The average Bonchev–Trinajstić information content (AvgIpc) is 2.89. The van der Waals surface area contributed by atoms with Crippen molar-refractivity contribution in [2.75, 3.05) is 18.1 Å². The summed E-state index contributed by atoms with van der Waals surface area (Å²) in [6.45, 7) is 2.28. The van der Waals surface area contributed by atoms with Gasteiger partial charge in [0.1, 0.15) is 17.3 Å². The molecule has 2 heterocycles. The lowest BCUT2D eigenvalue weighted by atomic mass is 10.1. The summed E-state index contributed by atoms with van der Waals surface area (Å²) >= 11 is 0. The Labute approximate surface area is 116 Å². The molecule has 5 nitrogen and oxygen atoms in total. The molecule has 0 aliphatic carbocycles. The second-order valence-electron chi connectivity index (χ2n) is 4.82. The monoisotopic (exact) mass is 272 g/mol. The van der Waals surface area contributed by atoms with Crippen molar-refractivity contribution in [2.24, 2.45) is 5.73 Å². The highest BCUT2D eigenvalue weighted by atomic mass is 16.5. The number of furan rings is 1. The number of ether oxygens (including phenoxy) is 1. The number of hydrogen-bond acceptors (Lipinski definition) is 4. The molecule has 1 atom stereocenters. The van der Waals surface area contributed by atoms with E-state index in [1.807, 2.05) is 43.3 Å². The number of para-hydroxylation sites is 2. The molecule has 1 aliphatic rings. The first-order valence-electron chi connectivity index (χ1n) is 6.49. The van der Waals surface area contributed by atoms with E-state index in [2.05, 4.69) is 0 Å². The highest BCUT2D eigenvalue weighted by Crippen LogP contribution is 2.32. The molecule has 0 radical (unpaired) electrons. The number of fused-ring (bicyclic) bond motifs is 1. The van der Waals surface area contributed by atoms with E-state index < -0.39 is 0 Å². The molecule has 3 rings (SSSR count). The molecule has 104 valence electrons. The second kappa shape index (κ2) is 5.02. The van der Waals surface area contributed by atoms with Gasteiger partial charge >= 0.3 is 0 Å². The van der Waals surface area contributed by atoms with Crippen LogP contribution in [0.5, 0.6) is 5.75 Å². The molecule has 20 heavy (non-hydrogen) atoms. The maximum atomic E-state index is 12.0. The van der Waals surface area contributed by atoms with E-state index in [-0.39, 0.29) is 18.6 Å². The topological polar surface area (TPSA) is 68.7 Å². The van der Waals surface area contributed by atoms with Gasteiger partial charge in [-0.3, -0.25) is 4.79 Å². The van der Waals surface area contributed by atoms with Crippen LogP contribution in [0.15, 0.2) is 40.8 Å². The van der Waals surface area contributed by atoms with Gasteiger partial charge in [-0.05, 0) is 31.2 Å². The van der Waals surface area contributed by atoms with Crippen LogP contribution in [0.3, 0.4) is 0 Å². The Kier molecular flexibility index (Phi) is 3.20. The highest BCUT2D eigenvalue weighted by molar-refractivity contribution is 5.97. The predicted molar refractivity (Wildman–Crippen MR) is 74.7 cm³/mol. The number of carbonyl (C=O) groups excluding carboxylic acids is 1. The molecular weight excluding hydrogens is 256 g/mol. The summed E-state index contributed by atoms with van der Waals surface area (Å²) in [6.07, 6.45) is 0. The Hall–Kier alpha value is -2.27. The van der Waals surface area contributed by atoms with Crippen LogP contribution in [0, 0.1) is 6.92 Å². The zero-order valence-electron chi connectivity index (χ0n) is 11.2. The van der Waals surface area contributed by atoms with E-state index in [4.69, 9.17) is 14.9 Å². The summed E-state index contributed by atoms with van der Waals surface area (Å²) in [5.41, 5.74) is 6.88. The zero-order chi connectivity index (χ0) is 14.1. The molecule has 1 aliphatic heterocycles. The summed E-state index contributed by atoms with van der Waals surface area (Å²) in [4.78, 5) is 13.7. The Morgan fingerprint density at radius 1 is 1.30 bits per heavy atom. The minimum absolute atomic E-state index is 0.0426. The number of benzene rings is 1. The maximum Gasteiger partial charge on any atom is 0.265 e. The highest BCUT2D eigenvalue weighted by Gasteiger charge is 2.27. The van der Waals surface area contributed by atoms with E-state index in [9.17, 15) is 4.79 Å². The van der Waals surface area contributed by atoms with Crippen molar-refractivity contribution in [2.45, 2.75) is 13.0 Å². The number of aryl methyl sites for hydroxylation is 1. The van der Waals surface area contributed by atoms with Crippen molar-refractivity contribution in [3.8, 4) is 5.75 Å². The van der Waals surface area contributed by atoms with Gasteiger partial charge in [-0.2, -0.15) is 0 Å². The van der Waals surface area contributed by atoms with E-state index in [0.717, 1.165) is 11.4 Å². The fourth-order valence-electron chi connectivity index (χ4n) is 2.29. The van der Waals surface area contributed by atoms with Gasteiger partial charge in [-0.25, -0.2) is 0 Å². The van der Waals surface area contributed by atoms with Crippen molar-refractivity contribution < 1.29 is 13.9 Å². The number of hydrogen-bond donors (Lipinski definition) is 1. The van der Waals surface area contributed by atoms with Crippen molar-refractivity contribution in [3.05, 3.63) is 47.9 Å². The number of nitrogens with zero attached hydrogens (tertiary/aromatic N) is 1. The standard InChI is InChI=1S/C15H16N2O3/c1-10-6-7-13(20-10)11(16)8-17-12-4-2-3-5-14(12)19-9-15(17)18/h2-7,11H,8-9,16H2,1H3. The van der Waals surface area contributed by atoms with Gasteiger partial charge < -0.3 is 19.8 Å². The van der Waals surface area contributed by atoms with Crippen LogP contribution in [0.1, 0.15) is 17.6 Å². The van der Waals surface area contributed by atoms with Crippen LogP contribution < -0.4 is 15.4 Å². The van der Waals surface area contributed by atoms with Gasteiger partial charge in [-0.1, -0.05) is 12.1 Å². The summed E-state index contributed by atoms with van der Waals surface area (Å²) < 4.78 is 10.9. The van der Waals surface area contributed by atoms with Crippen LogP contribution in [0.2, 0.25) is 0 Å². The van der Waals surface area contributed by atoms with E-state index in [1.54, 1.807) is 4.90 Å². The summed E-state index contributed by atoms with van der Waals surface area (Å²) in [5, 5.41) is 0. The lowest BCUT2D eigenvalue weighted by Crippen LogP contribution is -2.42. The molecule has 0 saturated heterocycles. The molecular formula is C15H16N2O3. The maximum absolute atomic E-state index is 12.0. The average molecular weight is 272 g/mol. The van der Waals surface area contributed by atoms with Crippen LogP contribution >= 0.6 is 0 Å². The summed E-state index contributed by atoms with van der Waals surface area (Å²) in [6, 6.07) is 10.8. The Morgan fingerprint density at radius 3 is 2.85 bits per heavy atom. The third-order valence-electron chi connectivity index (χ3n) is 3.31. The molecule has 0 bridgehead atoms. The minimum Gasteiger partial charge on any atom is -0.482 e. The first-order chi connectivity index (χ1) is 9.65. The molecule has 2 aromatic rings. The first kappa shape index (κ1) is 12.7. The van der Waals surface area contributed by atoms with Crippen molar-refractivity contribution >= 4 is 11.6 Å². The lowest BCUT2D eigenvalue weighted by molar-refractivity contribution is -0.121. The number of rotatable bonds is 3. The summed E-state index contributed by atoms with van der Waals surface area (Å²) in [5.74, 6) is 2.10. The van der Waals surface area contributed by atoms with Gasteiger partial charge in [0.15, 0.2) is 6.61 Å². The Bertz CT molecular complexity index is 636. The molecule has 1 unspecified atom stereocenters. The first-order valence-corrected chi connectivity index (χ1v) is 6.49. The van der Waals surface area contributed by atoms with Gasteiger partial charge in [0.05, 0.1) is 11.7 Å². The van der Waals surface area contributed by atoms with Crippen LogP contribution in [0.25, 0.3) is 0 Å². The Balaban J connectivity index is 1.84. The smallest absolute Gasteiger partial charge is 0.265 e. The van der Waals surface area contributed by atoms with Gasteiger partial charge in [0.2, 0.25) is 0 Å². The van der Waals surface area contributed by atoms with E-state index in [1.165, 1.54) is 0 Å². The Morgan fingerprint density at radius 2 is 2.10 bits per heavy atom. The number of anilines is 1. The summed E-state index contributed by atoms with van der Waals surface area (Å²) in [7, 11) is 0. The largest absolute Gasteiger partial charge is 0.482 e. The molecule has 2 N–H and O–H groups in total. The fourth-order valence-corrected chi connectivity index (χ4v) is 2.29. The number of amides is 1. The van der Waals surface area contributed by atoms with Crippen LogP contribution in [-0.4, -0.2) is 19.1 Å². The van der Waals surface area contributed by atoms with Gasteiger partial charge in [0.25, 0.3) is 5.91 Å². The van der Waals surface area contributed by atoms with Gasteiger partial charge in [-0.15, -0.1) is 0 Å². The quantitative estimate of drug-likeness (QED) is 0.928. The molecule has 5 heteroatoms. The molecule has 1 aromatic heterocycles. The third-order valence-corrected chi connectivity index (χ3v) is 3.31. The fraction of sp³-hybridized carbons (Fsp3) is 0.267. The normalized spacial score (nSPS) is 15.7. The lowest BCUT2D eigenvalue weighted by Gasteiger charge is -2.30. The molecule has 1 aromatic carbocycles. The zero-order valence-corrected chi connectivity index (χ0v) is 11.2. The molecule has 0 fully saturated rings. The van der Waals surface area contributed by atoms with Gasteiger partial charge in [0, 0.05) is 6.54 Å². The number of nitrogens with two attached hydrogens (primary N) is 1. The van der Waals surface area contributed by atoms with E-state index >= 15 is 0 Å². The van der Waals surface area contributed by atoms with Crippen LogP contribution in [-0.2, 0) is 4.79 Å². The van der Waals surface area contributed by atoms with Crippen molar-refractivity contribution in [1.82, 2.24) is 0 Å². The van der Waals surface area contributed by atoms with Crippen molar-refractivity contribution in [1.29, 1.82) is 0 Å². The number of carbonyl (C=O) groups is 1. The third kappa shape index (κ3) is 2.28. The predicted octanol–water partition coefficient (Wildman–Crippen LogP) is 2.01. The SMILES string of the molecule is Cc1ccc(C(N)CN2C(=O)COc3ccccc32)o1. The molecule has 0 spiro atoms. The second-order valence-corrected chi connectivity index (χ2v) is 4.82. The van der Waals surface area contributed by atoms with E-state index in [0.29, 0.717) is 18.1 Å². The van der Waals surface area contributed by atoms with Crippen LogP contribution in [0.4, 0.5) is 5.69 Å². The minimum atomic E-state index is -0.362.